The molecule has 0 saturated heterocycles. The smallest absolute Gasteiger partial charge is 0.234 e. The van der Waals surface area contributed by atoms with E-state index in [0.29, 0.717) is 6.54 Å². The molecule has 4 nitrogen and oxygen atoms in total. The molecule has 1 aliphatic rings. The fraction of sp³-hybridized carbons (Fsp3) is 0.474. The highest BCUT2D eigenvalue weighted by atomic mass is 16.2. The third kappa shape index (κ3) is 3.53. The topological polar surface area (TPSA) is 45.2 Å². The molecule has 1 aromatic heterocycles. The van der Waals surface area contributed by atoms with Crippen molar-refractivity contribution in [3.05, 3.63) is 41.6 Å². The molecule has 0 aliphatic heterocycles. The molecule has 2 aromatic rings. The van der Waals surface area contributed by atoms with Gasteiger partial charge in [-0.3, -0.25) is 14.7 Å². The zero-order valence-electron chi connectivity index (χ0n) is 14.0. The first kappa shape index (κ1) is 15.9. The Labute approximate surface area is 137 Å². The van der Waals surface area contributed by atoms with E-state index in [1.165, 1.54) is 5.56 Å². The summed E-state index contributed by atoms with van der Waals surface area (Å²) in [6.07, 6.45) is 3.08. The Balaban J connectivity index is 1.81. The number of carbonyl (C=O) groups is 1. The largest absolute Gasteiger partial charge is 0.348 e. The Morgan fingerprint density at radius 3 is 2.87 bits per heavy atom. The summed E-state index contributed by atoms with van der Waals surface area (Å²) in [4.78, 5) is 19.3. The number of para-hydroxylation sites is 1. The van der Waals surface area contributed by atoms with Gasteiger partial charge in [0, 0.05) is 11.1 Å². The number of aromatic nitrogens is 1. The molecule has 0 saturated carbocycles. The molecule has 1 aromatic carbocycles. The normalized spacial score (nSPS) is 17.3. The second kappa shape index (κ2) is 7.09. The number of carbonyl (C=O) groups excluding carboxylic acids is 1. The van der Waals surface area contributed by atoms with Crippen LogP contribution in [0.15, 0.2) is 30.3 Å². The van der Waals surface area contributed by atoms with Crippen molar-refractivity contribution in [3.63, 3.8) is 0 Å². The maximum absolute atomic E-state index is 12.3. The number of hydrogen-bond acceptors (Lipinski definition) is 3. The second-order valence-corrected chi connectivity index (χ2v) is 6.19. The average Bonchev–Trinajstić information content (AvgIpc) is 2.58. The van der Waals surface area contributed by atoms with Crippen LogP contribution in [-0.2, 0) is 11.2 Å². The summed E-state index contributed by atoms with van der Waals surface area (Å²) >= 11 is 0. The number of benzene rings is 1. The van der Waals surface area contributed by atoms with Gasteiger partial charge >= 0.3 is 0 Å². The molecule has 4 heteroatoms. The van der Waals surface area contributed by atoms with Crippen molar-refractivity contribution in [3.8, 4) is 0 Å². The highest BCUT2D eigenvalue weighted by Gasteiger charge is 2.23. The molecule has 1 amide bonds. The molecule has 0 fully saturated rings. The van der Waals surface area contributed by atoms with Crippen LogP contribution in [0.5, 0.6) is 0 Å². The summed E-state index contributed by atoms with van der Waals surface area (Å²) in [5.41, 5.74) is 3.38. The van der Waals surface area contributed by atoms with E-state index in [1.54, 1.807) is 0 Å². The maximum atomic E-state index is 12.3. The van der Waals surface area contributed by atoms with Crippen molar-refractivity contribution in [1.29, 1.82) is 0 Å². The Morgan fingerprint density at radius 1 is 1.30 bits per heavy atom. The summed E-state index contributed by atoms with van der Waals surface area (Å²) in [6, 6.07) is 10.5. The third-order valence-electron chi connectivity index (χ3n) is 4.72. The molecule has 122 valence electrons. The fourth-order valence-corrected chi connectivity index (χ4v) is 3.34. The van der Waals surface area contributed by atoms with Crippen LogP contribution in [-0.4, -0.2) is 35.4 Å². The first-order valence-corrected chi connectivity index (χ1v) is 8.61. The predicted octanol–water partition coefficient (Wildman–Crippen LogP) is 3.07. The lowest BCUT2D eigenvalue weighted by Gasteiger charge is -2.27. The number of amides is 1. The molecule has 1 unspecified atom stereocenters. The fourth-order valence-electron chi connectivity index (χ4n) is 3.34. The Morgan fingerprint density at radius 2 is 2.09 bits per heavy atom. The van der Waals surface area contributed by atoms with Gasteiger partial charge in [0.1, 0.15) is 0 Å². The van der Waals surface area contributed by atoms with Crippen LogP contribution in [0.25, 0.3) is 10.9 Å². The van der Waals surface area contributed by atoms with Gasteiger partial charge in [-0.15, -0.1) is 0 Å². The van der Waals surface area contributed by atoms with E-state index < -0.39 is 0 Å². The van der Waals surface area contributed by atoms with E-state index in [4.69, 9.17) is 4.98 Å². The lowest BCUT2D eigenvalue weighted by atomic mass is 9.90. The van der Waals surface area contributed by atoms with E-state index in [9.17, 15) is 4.79 Å². The van der Waals surface area contributed by atoms with Gasteiger partial charge < -0.3 is 5.32 Å². The van der Waals surface area contributed by atoms with Gasteiger partial charge in [0.25, 0.3) is 0 Å². The Bertz CT molecular complexity index is 694. The van der Waals surface area contributed by atoms with Gasteiger partial charge in [0.05, 0.1) is 18.1 Å². The quantitative estimate of drug-likeness (QED) is 0.923. The zero-order valence-corrected chi connectivity index (χ0v) is 14.0. The van der Waals surface area contributed by atoms with E-state index >= 15 is 0 Å². The molecule has 1 heterocycles. The molecule has 1 N–H and O–H groups in total. The molecule has 0 spiro atoms. The van der Waals surface area contributed by atoms with Crippen LogP contribution in [0.2, 0.25) is 0 Å². The Kier molecular flexibility index (Phi) is 4.91. The minimum Gasteiger partial charge on any atom is -0.348 e. The average molecular weight is 311 g/mol. The monoisotopic (exact) mass is 311 g/mol. The van der Waals surface area contributed by atoms with Crippen LogP contribution in [0.3, 0.4) is 0 Å². The van der Waals surface area contributed by atoms with Crippen molar-refractivity contribution in [2.45, 2.75) is 39.2 Å². The summed E-state index contributed by atoms with van der Waals surface area (Å²) in [5.74, 6) is 0.111. The van der Waals surface area contributed by atoms with Crippen LogP contribution in [0.4, 0.5) is 0 Å². The lowest BCUT2D eigenvalue weighted by Crippen LogP contribution is -2.39. The summed E-state index contributed by atoms with van der Waals surface area (Å²) in [7, 11) is 0. The molecule has 1 atom stereocenters. The first-order valence-electron chi connectivity index (χ1n) is 8.61. The molecular formula is C19H25N3O. The SMILES string of the molecule is CCN(CC)CC(=O)NC1CCCc2nc3ccccc3cc21. The van der Waals surface area contributed by atoms with Crippen LogP contribution in [0.1, 0.15) is 44.0 Å². The molecule has 1 aliphatic carbocycles. The number of nitrogens with one attached hydrogen (secondary N) is 1. The number of fused-ring (bicyclic) bond motifs is 2. The molecule has 3 rings (SSSR count). The highest BCUT2D eigenvalue weighted by Crippen LogP contribution is 2.31. The number of nitrogens with zero attached hydrogens (tertiary/aromatic N) is 2. The highest BCUT2D eigenvalue weighted by molar-refractivity contribution is 5.81. The minimum absolute atomic E-state index is 0.0962. The summed E-state index contributed by atoms with van der Waals surface area (Å²) in [6.45, 7) is 6.44. The maximum Gasteiger partial charge on any atom is 0.234 e. The van der Waals surface area contributed by atoms with Crippen LogP contribution >= 0.6 is 0 Å². The molecule has 23 heavy (non-hydrogen) atoms. The number of aryl methyl sites for hydroxylation is 1. The van der Waals surface area contributed by atoms with Gasteiger partial charge in [-0.05, 0) is 50.0 Å². The predicted molar refractivity (Wildman–Crippen MR) is 93.4 cm³/mol. The van der Waals surface area contributed by atoms with Crippen LogP contribution in [0, 0.1) is 0 Å². The van der Waals surface area contributed by atoms with Gasteiger partial charge in [-0.2, -0.15) is 0 Å². The van der Waals surface area contributed by atoms with Crippen molar-refractivity contribution >= 4 is 16.8 Å². The van der Waals surface area contributed by atoms with Gasteiger partial charge in [0.2, 0.25) is 5.91 Å². The van der Waals surface area contributed by atoms with E-state index in [0.717, 1.165) is 48.9 Å². The first-order chi connectivity index (χ1) is 11.2. The number of likely N-dealkylation sites (N-methyl/N-ethyl adjacent to an activating group) is 1. The van der Waals surface area contributed by atoms with Gasteiger partial charge in [0.15, 0.2) is 0 Å². The van der Waals surface area contributed by atoms with Crippen molar-refractivity contribution < 1.29 is 4.79 Å². The van der Waals surface area contributed by atoms with Crippen molar-refractivity contribution in [1.82, 2.24) is 15.2 Å². The molecule has 0 bridgehead atoms. The summed E-state index contributed by atoms with van der Waals surface area (Å²) < 4.78 is 0. The Hall–Kier alpha value is -1.94. The van der Waals surface area contributed by atoms with Crippen LogP contribution < -0.4 is 5.32 Å². The third-order valence-corrected chi connectivity index (χ3v) is 4.72. The van der Waals surface area contributed by atoms with E-state index in [1.807, 2.05) is 12.1 Å². The zero-order chi connectivity index (χ0) is 16.2. The van der Waals surface area contributed by atoms with Crippen molar-refractivity contribution in [2.75, 3.05) is 19.6 Å². The van der Waals surface area contributed by atoms with Crippen molar-refractivity contribution in [2.24, 2.45) is 0 Å². The molecular weight excluding hydrogens is 286 g/mol. The summed E-state index contributed by atoms with van der Waals surface area (Å²) in [5, 5.41) is 4.37. The minimum atomic E-state index is 0.0962. The lowest BCUT2D eigenvalue weighted by molar-refractivity contribution is -0.123. The van der Waals surface area contributed by atoms with Gasteiger partial charge in [-0.25, -0.2) is 0 Å². The second-order valence-electron chi connectivity index (χ2n) is 6.19. The van der Waals surface area contributed by atoms with E-state index in [2.05, 4.69) is 42.3 Å². The van der Waals surface area contributed by atoms with Gasteiger partial charge in [-0.1, -0.05) is 32.0 Å². The standard InChI is InChI=1S/C19H25N3O/c1-3-22(4-2)13-19(23)21-18-11-7-10-17-15(18)12-14-8-5-6-9-16(14)20-17/h5-6,8-9,12,18H,3-4,7,10-11,13H2,1-2H3,(H,21,23). The number of hydrogen-bond donors (Lipinski definition) is 1. The molecule has 0 radical (unpaired) electrons. The van der Waals surface area contributed by atoms with E-state index in [-0.39, 0.29) is 11.9 Å². The number of rotatable bonds is 5. The number of pyridine rings is 1.